The Bertz CT molecular complexity index is 547. The molecule has 0 aromatic carbocycles. The molecule has 0 N–H and O–H groups in total. The van der Waals surface area contributed by atoms with Gasteiger partial charge in [0, 0.05) is 5.92 Å². The Morgan fingerprint density at radius 1 is 0.962 bits per heavy atom. The number of hydrogen-bond donors (Lipinski definition) is 0. The molecule has 1 fully saturated rings. The molecule has 4 nitrogen and oxygen atoms in total. The number of rotatable bonds is 4. The summed E-state index contributed by atoms with van der Waals surface area (Å²) in [5.41, 5.74) is -6.12. The summed E-state index contributed by atoms with van der Waals surface area (Å²) < 4.78 is 93.5. The molecule has 1 saturated carbocycles. The summed E-state index contributed by atoms with van der Waals surface area (Å²) in [6.07, 6.45) is -10.2. The SMILES string of the molecule is CC(C)(C)OC(=O)OC(COC1CC2C=CC1C2)(C(F)(F)F)C(F)(F)F. The highest BCUT2D eigenvalue weighted by Crippen LogP contribution is 2.48. The highest BCUT2D eigenvalue weighted by atomic mass is 19.4. The molecule has 0 aromatic heterocycles. The maximum Gasteiger partial charge on any atom is 0.510 e. The average Bonchev–Trinajstić information content (AvgIpc) is 3.00. The number of carbonyl (C=O) groups excluding carboxylic acids is 1. The number of allylic oxidation sites excluding steroid dienone is 1. The number of alkyl halides is 6. The first-order chi connectivity index (χ1) is 11.6. The Morgan fingerprint density at radius 2 is 1.54 bits per heavy atom. The second-order valence-electron chi connectivity index (χ2n) is 7.52. The number of halogens is 6. The Balaban J connectivity index is 2.22. The molecule has 0 aliphatic heterocycles. The van der Waals surface area contributed by atoms with Gasteiger partial charge >= 0.3 is 24.1 Å². The fourth-order valence-corrected chi connectivity index (χ4v) is 3.03. The second kappa shape index (κ2) is 6.61. The van der Waals surface area contributed by atoms with Crippen LogP contribution in [0, 0.1) is 11.8 Å². The van der Waals surface area contributed by atoms with Crippen molar-refractivity contribution in [1.29, 1.82) is 0 Å². The highest BCUT2D eigenvalue weighted by molar-refractivity contribution is 5.61. The Labute approximate surface area is 146 Å². The zero-order valence-corrected chi connectivity index (χ0v) is 14.4. The highest BCUT2D eigenvalue weighted by Gasteiger charge is 2.75. The van der Waals surface area contributed by atoms with E-state index >= 15 is 0 Å². The van der Waals surface area contributed by atoms with Gasteiger partial charge < -0.3 is 14.2 Å². The van der Waals surface area contributed by atoms with Crippen molar-refractivity contribution in [2.75, 3.05) is 6.61 Å². The van der Waals surface area contributed by atoms with E-state index in [4.69, 9.17) is 4.74 Å². The molecule has 3 atom stereocenters. The standard InChI is InChI=1S/C16H20F6O4/c1-13(2,3)25-12(23)26-14(15(17,18)19,16(20,21)22)8-24-11-7-9-4-5-10(11)6-9/h4-5,9-11H,6-8H2,1-3H3. The van der Waals surface area contributed by atoms with Crippen LogP contribution in [0.3, 0.4) is 0 Å². The third kappa shape index (κ3) is 4.27. The van der Waals surface area contributed by atoms with Gasteiger partial charge in [0.05, 0.1) is 6.10 Å². The van der Waals surface area contributed by atoms with Crippen LogP contribution in [0.5, 0.6) is 0 Å². The van der Waals surface area contributed by atoms with Gasteiger partial charge in [-0.25, -0.2) is 4.79 Å². The minimum absolute atomic E-state index is 0.0861. The van der Waals surface area contributed by atoms with E-state index in [0.717, 1.165) is 0 Å². The topological polar surface area (TPSA) is 44.8 Å². The van der Waals surface area contributed by atoms with Crippen LogP contribution in [0.25, 0.3) is 0 Å². The number of carbonyl (C=O) groups is 1. The van der Waals surface area contributed by atoms with E-state index in [9.17, 15) is 31.1 Å². The smallest absolute Gasteiger partial charge is 0.429 e. The predicted octanol–water partition coefficient (Wildman–Crippen LogP) is 4.78. The molecular weight excluding hydrogens is 370 g/mol. The van der Waals surface area contributed by atoms with Gasteiger partial charge in [0.25, 0.3) is 0 Å². The first-order valence-corrected chi connectivity index (χ1v) is 8.00. The molecule has 0 saturated heterocycles. The molecule has 150 valence electrons. The summed E-state index contributed by atoms with van der Waals surface area (Å²) in [4.78, 5) is 11.6. The third-order valence-electron chi connectivity index (χ3n) is 4.28. The van der Waals surface area contributed by atoms with Gasteiger partial charge in [-0.15, -0.1) is 0 Å². The van der Waals surface area contributed by atoms with Crippen molar-refractivity contribution >= 4 is 6.16 Å². The van der Waals surface area contributed by atoms with Crippen LogP contribution in [-0.2, 0) is 14.2 Å². The molecule has 3 unspecified atom stereocenters. The van der Waals surface area contributed by atoms with Gasteiger partial charge in [-0.05, 0) is 39.5 Å². The normalized spacial score (nSPS) is 26.3. The van der Waals surface area contributed by atoms with Crippen molar-refractivity contribution in [1.82, 2.24) is 0 Å². The first-order valence-electron chi connectivity index (χ1n) is 8.00. The molecule has 10 heteroatoms. The van der Waals surface area contributed by atoms with Crippen LogP contribution in [-0.4, -0.2) is 42.4 Å². The van der Waals surface area contributed by atoms with Crippen molar-refractivity contribution in [3.63, 3.8) is 0 Å². The molecule has 0 spiro atoms. The van der Waals surface area contributed by atoms with Gasteiger partial charge in [-0.3, -0.25) is 0 Å². The van der Waals surface area contributed by atoms with Gasteiger partial charge in [0.2, 0.25) is 0 Å². The Kier molecular flexibility index (Phi) is 5.31. The Hall–Kier alpha value is -1.45. The van der Waals surface area contributed by atoms with Gasteiger partial charge in [-0.2, -0.15) is 26.3 Å². The minimum Gasteiger partial charge on any atom is -0.429 e. The molecule has 2 aliphatic rings. The summed E-state index contributed by atoms with van der Waals surface area (Å²) >= 11 is 0. The Morgan fingerprint density at radius 3 is 1.92 bits per heavy atom. The first kappa shape index (κ1) is 20.9. The summed E-state index contributed by atoms with van der Waals surface area (Å²) in [6.45, 7) is 1.99. The van der Waals surface area contributed by atoms with Gasteiger partial charge in [0.15, 0.2) is 0 Å². The summed E-state index contributed by atoms with van der Waals surface area (Å²) in [5, 5.41) is 0. The predicted molar refractivity (Wildman–Crippen MR) is 77.3 cm³/mol. The van der Waals surface area contributed by atoms with Crippen molar-refractivity contribution in [3.05, 3.63) is 12.2 Å². The van der Waals surface area contributed by atoms with Crippen LogP contribution in [0.4, 0.5) is 31.1 Å². The zero-order valence-electron chi connectivity index (χ0n) is 14.4. The molecule has 0 radical (unpaired) electrons. The van der Waals surface area contributed by atoms with Crippen LogP contribution in [0.2, 0.25) is 0 Å². The van der Waals surface area contributed by atoms with Crippen molar-refractivity contribution in [2.45, 2.75) is 63.3 Å². The molecule has 26 heavy (non-hydrogen) atoms. The van der Waals surface area contributed by atoms with Gasteiger partial charge in [0.1, 0.15) is 12.2 Å². The van der Waals surface area contributed by atoms with E-state index in [1.807, 2.05) is 6.08 Å². The monoisotopic (exact) mass is 390 g/mol. The van der Waals surface area contributed by atoms with Crippen LogP contribution >= 0.6 is 0 Å². The lowest BCUT2D eigenvalue weighted by Crippen LogP contribution is -2.63. The van der Waals surface area contributed by atoms with E-state index in [-0.39, 0.29) is 11.8 Å². The van der Waals surface area contributed by atoms with Crippen molar-refractivity contribution in [3.8, 4) is 0 Å². The lowest BCUT2D eigenvalue weighted by molar-refractivity contribution is -0.381. The molecule has 2 aliphatic carbocycles. The molecule has 2 rings (SSSR count). The fraction of sp³-hybridized carbons (Fsp3) is 0.812. The molecule has 0 heterocycles. The maximum absolute atomic E-state index is 13.4. The molecule has 0 aromatic rings. The van der Waals surface area contributed by atoms with E-state index in [1.54, 1.807) is 6.08 Å². The van der Waals surface area contributed by atoms with E-state index in [0.29, 0.717) is 12.8 Å². The van der Waals surface area contributed by atoms with E-state index in [2.05, 4.69) is 9.47 Å². The largest absolute Gasteiger partial charge is 0.510 e. The summed E-state index contributed by atoms with van der Waals surface area (Å²) in [6, 6.07) is 0. The van der Waals surface area contributed by atoms with E-state index < -0.39 is 42.4 Å². The van der Waals surface area contributed by atoms with Crippen LogP contribution < -0.4 is 0 Å². The number of hydrogen-bond acceptors (Lipinski definition) is 4. The minimum atomic E-state index is -5.93. The number of fused-ring (bicyclic) bond motifs is 2. The summed E-state index contributed by atoms with van der Waals surface area (Å²) in [5.74, 6) is -0.149. The fourth-order valence-electron chi connectivity index (χ4n) is 3.03. The maximum atomic E-state index is 13.4. The van der Waals surface area contributed by atoms with Crippen molar-refractivity contribution < 1.29 is 45.3 Å². The second-order valence-corrected chi connectivity index (χ2v) is 7.52. The molecular formula is C16H20F6O4. The quantitative estimate of drug-likeness (QED) is 0.394. The third-order valence-corrected chi connectivity index (χ3v) is 4.28. The van der Waals surface area contributed by atoms with Crippen LogP contribution in [0.15, 0.2) is 12.2 Å². The zero-order chi connectivity index (χ0) is 20.0. The van der Waals surface area contributed by atoms with E-state index in [1.165, 1.54) is 20.8 Å². The lowest BCUT2D eigenvalue weighted by atomic mass is 10.0. The average molecular weight is 390 g/mol. The van der Waals surface area contributed by atoms with Crippen molar-refractivity contribution in [2.24, 2.45) is 11.8 Å². The summed E-state index contributed by atoms with van der Waals surface area (Å²) in [7, 11) is 0. The lowest BCUT2D eigenvalue weighted by Gasteiger charge is -2.37. The molecule has 0 amide bonds. The number of ether oxygens (including phenoxy) is 3. The van der Waals surface area contributed by atoms with Gasteiger partial charge in [-0.1, -0.05) is 12.2 Å². The molecule has 2 bridgehead atoms. The van der Waals surface area contributed by atoms with Crippen LogP contribution in [0.1, 0.15) is 33.6 Å².